The predicted octanol–water partition coefficient (Wildman–Crippen LogP) is 4.12. The maximum Gasteiger partial charge on any atom is 0.270 e. The highest BCUT2D eigenvalue weighted by Gasteiger charge is 2.23. The monoisotopic (exact) mass is 393 g/mol. The first-order valence-electron chi connectivity index (χ1n) is 9.56. The van der Waals surface area contributed by atoms with Crippen molar-refractivity contribution in [1.29, 1.82) is 0 Å². The highest BCUT2D eigenvalue weighted by molar-refractivity contribution is 6.07. The minimum absolute atomic E-state index is 0.0423. The molecule has 29 heavy (non-hydrogen) atoms. The highest BCUT2D eigenvalue weighted by atomic mass is 16.6. The molecule has 150 valence electrons. The molecule has 2 aromatic rings. The van der Waals surface area contributed by atoms with Crippen molar-refractivity contribution in [3.63, 3.8) is 0 Å². The van der Waals surface area contributed by atoms with E-state index in [0.29, 0.717) is 22.7 Å². The van der Waals surface area contributed by atoms with Gasteiger partial charge in [0.15, 0.2) is 0 Å². The number of nitrogens with one attached hydrogen (secondary N) is 1. The molecular formula is C22H23N3O4. The van der Waals surface area contributed by atoms with E-state index < -0.39 is 10.8 Å². The van der Waals surface area contributed by atoms with Gasteiger partial charge in [-0.2, -0.15) is 0 Å². The van der Waals surface area contributed by atoms with Crippen molar-refractivity contribution in [2.45, 2.75) is 19.8 Å². The van der Waals surface area contributed by atoms with Crippen LogP contribution >= 0.6 is 0 Å². The fraction of sp³-hybridized carbons (Fsp3) is 0.273. The molecule has 1 N–H and O–H groups in total. The molecule has 0 aliphatic carbocycles. The third kappa shape index (κ3) is 5.28. The molecule has 0 radical (unpaired) electrons. The number of carbonyl (C=O) groups excluding carboxylic acids is 2. The van der Waals surface area contributed by atoms with Crippen LogP contribution in [0.2, 0.25) is 0 Å². The van der Waals surface area contributed by atoms with Gasteiger partial charge in [0.05, 0.1) is 16.2 Å². The van der Waals surface area contributed by atoms with Gasteiger partial charge in [-0.05, 0) is 42.5 Å². The van der Waals surface area contributed by atoms with Crippen LogP contribution in [0.5, 0.6) is 0 Å². The number of piperidine rings is 1. The number of rotatable bonds is 5. The number of likely N-dealkylation sites (tertiary alicyclic amines) is 1. The standard InChI is InChI=1S/C22H23N3O4/c1-16-11-13-24(14-12-16)22(27)19-7-2-3-8-20(19)23-21(26)10-9-17-5-4-6-18(15-17)25(28)29/h2-10,15-16H,11-14H2,1H3,(H,23,26)/b10-9+. The highest BCUT2D eigenvalue weighted by Crippen LogP contribution is 2.22. The normalized spacial score (nSPS) is 14.7. The van der Waals surface area contributed by atoms with E-state index >= 15 is 0 Å². The fourth-order valence-electron chi connectivity index (χ4n) is 3.25. The van der Waals surface area contributed by atoms with E-state index in [1.807, 2.05) is 4.90 Å². The van der Waals surface area contributed by atoms with E-state index in [4.69, 9.17) is 0 Å². The molecule has 0 saturated carbocycles. The molecule has 1 aliphatic rings. The molecule has 1 heterocycles. The van der Waals surface area contributed by atoms with Crippen LogP contribution in [0.3, 0.4) is 0 Å². The first-order chi connectivity index (χ1) is 13.9. The van der Waals surface area contributed by atoms with Crippen molar-refractivity contribution in [2.24, 2.45) is 5.92 Å². The maximum absolute atomic E-state index is 12.9. The molecule has 2 amide bonds. The van der Waals surface area contributed by atoms with Crippen molar-refractivity contribution in [2.75, 3.05) is 18.4 Å². The first kappa shape index (κ1) is 20.3. The van der Waals surface area contributed by atoms with Crippen LogP contribution in [0, 0.1) is 16.0 Å². The Labute approximate surface area is 169 Å². The Morgan fingerprint density at radius 3 is 2.59 bits per heavy atom. The number of hydrogen-bond acceptors (Lipinski definition) is 4. The number of nitrogens with zero attached hydrogens (tertiary/aromatic N) is 2. The average molecular weight is 393 g/mol. The quantitative estimate of drug-likeness (QED) is 0.470. The lowest BCUT2D eigenvalue weighted by molar-refractivity contribution is -0.384. The number of nitro benzene ring substituents is 1. The summed E-state index contributed by atoms with van der Waals surface area (Å²) in [5.74, 6) is 0.118. The number of amides is 2. The zero-order chi connectivity index (χ0) is 20.8. The van der Waals surface area contributed by atoms with Gasteiger partial charge in [0.2, 0.25) is 5.91 Å². The Morgan fingerprint density at radius 1 is 1.14 bits per heavy atom. The summed E-state index contributed by atoms with van der Waals surface area (Å²) in [4.78, 5) is 37.4. The topological polar surface area (TPSA) is 92.6 Å². The molecule has 0 spiro atoms. The van der Waals surface area contributed by atoms with Gasteiger partial charge in [0.1, 0.15) is 0 Å². The second-order valence-corrected chi connectivity index (χ2v) is 7.19. The lowest BCUT2D eigenvalue weighted by Crippen LogP contribution is -2.38. The number of carbonyl (C=O) groups is 2. The molecule has 1 fully saturated rings. The third-order valence-corrected chi connectivity index (χ3v) is 4.99. The van der Waals surface area contributed by atoms with Gasteiger partial charge in [-0.1, -0.05) is 31.2 Å². The number of nitro groups is 1. The molecule has 0 bridgehead atoms. The zero-order valence-corrected chi connectivity index (χ0v) is 16.2. The number of hydrogen-bond donors (Lipinski definition) is 1. The lowest BCUT2D eigenvalue weighted by Gasteiger charge is -2.30. The van der Waals surface area contributed by atoms with Crippen LogP contribution in [0.4, 0.5) is 11.4 Å². The molecule has 0 unspecified atom stereocenters. The van der Waals surface area contributed by atoms with E-state index in [-0.39, 0.29) is 11.6 Å². The Hall–Kier alpha value is -3.48. The summed E-state index contributed by atoms with van der Waals surface area (Å²) in [6, 6.07) is 12.9. The smallest absolute Gasteiger partial charge is 0.270 e. The molecular weight excluding hydrogens is 370 g/mol. The Balaban J connectivity index is 1.70. The zero-order valence-electron chi connectivity index (χ0n) is 16.2. The summed E-state index contributed by atoms with van der Waals surface area (Å²) in [6.45, 7) is 3.62. The van der Waals surface area contributed by atoms with Gasteiger partial charge < -0.3 is 10.2 Å². The summed E-state index contributed by atoms with van der Waals surface area (Å²) in [6.07, 6.45) is 4.75. The van der Waals surface area contributed by atoms with Crippen LogP contribution < -0.4 is 5.32 Å². The van der Waals surface area contributed by atoms with Gasteiger partial charge >= 0.3 is 0 Å². The summed E-state index contributed by atoms with van der Waals surface area (Å²) >= 11 is 0. The van der Waals surface area contributed by atoms with Gasteiger partial charge in [-0.3, -0.25) is 19.7 Å². The molecule has 3 rings (SSSR count). The molecule has 2 aromatic carbocycles. The Kier molecular flexibility index (Phi) is 6.39. The second-order valence-electron chi connectivity index (χ2n) is 7.19. The largest absolute Gasteiger partial charge is 0.339 e. The van der Waals surface area contributed by atoms with Gasteiger partial charge in [-0.25, -0.2) is 0 Å². The number of non-ortho nitro benzene ring substituents is 1. The Morgan fingerprint density at radius 2 is 1.86 bits per heavy atom. The van der Waals surface area contributed by atoms with Crippen molar-refractivity contribution < 1.29 is 14.5 Å². The molecule has 0 atom stereocenters. The van der Waals surface area contributed by atoms with Crippen LogP contribution in [0.15, 0.2) is 54.6 Å². The fourth-order valence-corrected chi connectivity index (χ4v) is 3.25. The van der Waals surface area contributed by atoms with E-state index in [9.17, 15) is 19.7 Å². The first-order valence-corrected chi connectivity index (χ1v) is 9.56. The molecule has 7 heteroatoms. The third-order valence-electron chi connectivity index (χ3n) is 4.99. The van der Waals surface area contributed by atoms with Crippen LogP contribution in [-0.2, 0) is 4.79 Å². The van der Waals surface area contributed by atoms with Gasteiger partial charge in [0, 0.05) is 31.3 Å². The van der Waals surface area contributed by atoms with E-state index in [1.54, 1.807) is 36.4 Å². The van der Waals surface area contributed by atoms with Crippen LogP contribution in [-0.4, -0.2) is 34.7 Å². The number of benzene rings is 2. The minimum Gasteiger partial charge on any atom is -0.339 e. The molecule has 7 nitrogen and oxygen atoms in total. The van der Waals surface area contributed by atoms with Crippen molar-refractivity contribution in [3.8, 4) is 0 Å². The number of para-hydroxylation sites is 1. The second kappa shape index (κ2) is 9.14. The summed E-state index contributed by atoms with van der Waals surface area (Å²) in [5, 5.41) is 13.6. The van der Waals surface area contributed by atoms with Gasteiger partial charge in [0.25, 0.3) is 11.6 Å². The average Bonchev–Trinajstić information content (AvgIpc) is 2.73. The van der Waals surface area contributed by atoms with Crippen molar-refractivity contribution in [1.82, 2.24) is 4.90 Å². The minimum atomic E-state index is -0.486. The van der Waals surface area contributed by atoms with E-state index in [2.05, 4.69) is 12.2 Å². The Bertz CT molecular complexity index is 947. The summed E-state index contributed by atoms with van der Waals surface area (Å²) in [5.41, 5.74) is 1.41. The van der Waals surface area contributed by atoms with Crippen molar-refractivity contribution in [3.05, 3.63) is 75.8 Å². The van der Waals surface area contributed by atoms with Gasteiger partial charge in [-0.15, -0.1) is 0 Å². The van der Waals surface area contributed by atoms with E-state index in [1.165, 1.54) is 24.3 Å². The molecule has 1 aliphatic heterocycles. The van der Waals surface area contributed by atoms with Crippen molar-refractivity contribution >= 4 is 29.3 Å². The molecule has 0 aromatic heterocycles. The molecule has 1 saturated heterocycles. The number of anilines is 1. The van der Waals surface area contributed by atoms with E-state index in [0.717, 1.165) is 25.9 Å². The SMILES string of the molecule is CC1CCN(C(=O)c2ccccc2NC(=O)/C=C/c2cccc([N+](=O)[O-])c2)CC1. The predicted molar refractivity (Wildman–Crippen MR) is 112 cm³/mol. The summed E-state index contributed by atoms with van der Waals surface area (Å²) in [7, 11) is 0. The van der Waals surface area contributed by atoms with Crippen LogP contribution in [0.25, 0.3) is 6.08 Å². The van der Waals surface area contributed by atoms with Crippen LogP contribution in [0.1, 0.15) is 35.7 Å². The summed E-state index contributed by atoms with van der Waals surface area (Å²) < 4.78 is 0. The maximum atomic E-state index is 12.9. The lowest BCUT2D eigenvalue weighted by atomic mass is 9.98.